The van der Waals surface area contributed by atoms with E-state index in [1.54, 1.807) is 6.20 Å². The van der Waals surface area contributed by atoms with Crippen LogP contribution in [0.2, 0.25) is 0 Å². The van der Waals surface area contributed by atoms with Gasteiger partial charge in [0.05, 0.1) is 5.75 Å². The highest BCUT2D eigenvalue weighted by atomic mass is 32.2. The maximum atomic E-state index is 12.6. The van der Waals surface area contributed by atoms with Gasteiger partial charge in [-0.3, -0.25) is 14.3 Å². The number of nitrogens with zero attached hydrogens (tertiary/aromatic N) is 5. The van der Waals surface area contributed by atoms with E-state index in [0.717, 1.165) is 42.2 Å². The van der Waals surface area contributed by atoms with E-state index in [9.17, 15) is 4.79 Å². The summed E-state index contributed by atoms with van der Waals surface area (Å²) < 4.78 is 2.19. The molecule has 0 spiro atoms. The first-order valence-corrected chi connectivity index (χ1v) is 10.5. The Labute approximate surface area is 158 Å². The zero-order chi connectivity index (χ0) is 17.9. The summed E-state index contributed by atoms with van der Waals surface area (Å²) >= 11 is 1.51. The van der Waals surface area contributed by atoms with Crippen molar-refractivity contribution in [2.24, 2.45) is 0 Å². The Morgan fingerprint density at radius 2 is 2.04 bits per heavy atom. The number of aromatic nitrogens is 4. The lowest BCUT2D eigenvalue weighted by molar-refractivity contribution is -0.129. The Kier molecular flexibility index (Phi) is 5.24. The molecule has 2 aliphatic rings. The van der Waals surface area contributed by atoms with Gasteiger partial charge in [0, 0.05) is 37.1 Å². The van der Waals surface area contributed by atoms with E-state index >= 15 is 0 Å². The molecule has 2 aromatic rings. The number of hydrogen-bond donors (Lipinski definition) is 0. The Morgan fingerprint density at radius 1 is 1.23 bits per heavy atom. The summed E-state index contributed by atoms with van der Waals surface area (Å²) in [4.78, 5) is 18.8. The lowest BCUT2D eigenvalue weighted by Crippen LogP contribution is -2.39. The summed E-state index contributed by atoms with van der Waals surface area (Å²) in [6, 6.07) is 4.78. The third kappa shape index (κ3) is 3.77. The van der Waals surface area contributed by atoms with Crippen LogP contribution in [0.15, 0.2) is 29.7 Å². The molecule has 2 aromatic heterocycles. The van der Waals surface area contributed by atoms with Crippen molar-refractivity contribution in [1.82, 2.24) is 24.6 Å². The van der Waals surface area contributed by atoms with Crippen LogP contribution < -0.4 is 0 Å². The fraction of sp³-hybridized carbons (Fsp3) is 0.579. The second-order valence-electron chi connectivity index (χ2n) is 7.23. The van der Waals surface area contributed by atoms with Crippen LogP contribution in [0.3, 0.4) is 0 Å². The molecule has 0 unspecified atom stereocenters. The fourth-order valence-electron chi connectivity index (χ4n) is 3.63. The van der Waals surface area contributed by atoms with E-state index < -0.39 is 0 Å². The highest BCUT2D eigenvalue weighted by Gasteiger charge is 2.31. The summed E-state index contributed by atoms with van der Waals surface area (Å²) in [5.74, 6) is 1.47. The number of hydrogen-bond acceptors (Lipinski definition) is 5. The minimum absolute atomic E-state index is 0.190. The minimum Gasteiger partial charge on any atom is -0.342 e. The van der Waals surface area contributed by atoms with Crippen LogP contribution in [0.25, 0.3) is 11.4 Å². The van der Waals surface area contributed by atoms with Gasteiger partial charge in [-0.1, -0.05) is 31.0 Å². The van der Waals surface area contributed by atoms with Crippen LogP contribution in [0, 0.1) is 0 Å². The van der Waals surface area contributed by atoms with Crippen molar-refractivity contribution in [3.63, 3.8) is 0 Å². The van der Waals surface area contributed by atoms with E-state index in [-0.39, 0.29) is 5.91 Å². The molecule has 2 aliphatic carbocycles. The number of thioether (sulfide) groups is 1. The Bertz CT molecular complexity index is 753. The summed E-state index contributed by atoms with van der Waals surface area (Å²) in [5.41, 5.74) is 0.976. The average Bonchev–Trinajstić information content (AvgIpc) is 3.45. The van der Waals surface area contributed by atoms with Crippen molar-refractivity contribution in [1.29, 1.82) is 0 Å². The maximum absolute atomic E-state index is 12.6. The Hall–Kier alpha value is -1.89. The van der Waals surface area contributed by atoms with Crippen molar-refractivity contribution in [2.45, 2.75) is 62.2 Å². The normalized spacial score (nSPS) is 18.0. The van der Waals surface area contributed by atoms with Gasteiger partial charge in [-0.15, -0.1) is 10.2 Å². The summed E-state index contributed by atoms with van der Waals surface area (Å²) in [6.07, 6.45) is 11.9. The monoisotopic (exact) mass is 371 g/mol. The van der Waals surface area contributed by atoms with Crippen molar-refractivity contribution in [3.8, 4) is 11.4 Å². The SMILES string of the molecule is CN(C(=O)CSc1nnc(-c2cccnc2)n1C1CC1)C1CCCCC1. The van der Waals surface area contributed by atoms with Crippen molar-refractivity contribution in [3.05, 3.63) is 24.5 Å². The molecule has 0 atom stereocenters. The lowest BCUT2D eigenvalue weighted by Gasteiger charge is -2.31. The molecule has 4 rings (SSSR count). The first-order chi connectivity index (χ1) is 12.7. The van der Waals surface area contributed by atoms with Crippen LogP contribution in [0.5, 0.6) is 0 Å². The highest BCUT2D eigenvalue weighted by molar-refractivity contribution is 7.99. The highest BCUT2D eigenvalue weighted by Crippen LogP contribution is 2.41. The molecule has 0 aliphatic heterocycles. The predicted octanol–water partition coefficient (Wildman–Crippen LogP) is 3.56. The zero-order valence-corrected chi connectivity index (χ0v) is 16.0. The van der Waals surface area contributed by atoms with Crippen molar-refractivity contribution >= 4 is 17.7 Å². The average molecular weight is 372 g/mol. The van der Waals surface area contributed by atoms with Gasteiger partial charge in [0.15, 0.2) is 11.0 Å². The molecule has 0 bridgehead atoms. The van der Waals surface area contributed by atoms with Gasteiger partial charge in [0.25, 0.3) is 0 Å². The lowest BCUT2D eigenvalue weighted by atomic mass is 9.94. The molecule has 2 saturated carbocycles. The van der Waals surface area contributed by atoms with Gasteiger partial charge in [0.1, 0.15) is 0 Å². The molecule has 6 nitrogen and oxygen atoms in total. The molecular weight excluding hydrogens is 346 g/mol. The van der Waals surface area contributed by atoms with Crippen LogP contribution in [-0.2, 0) is 4.79 Å². The molecule has 26 heavy (non-hydrogen) atoms. The van der Waals surface area contributed by atoms with Crippen molar-refractivity contribution < 1.29 is 4.79 Å². The first kappa shape index (κ1) is 17.5. The molecule has 0 aromatic carbocycles. The second kappa shape index (κ2) is 7.78. The largest absolute Gasteiger partial charge is 0.342 e. The Balaban J connectivity index is 1.45. The standard InChI is InChI=1S/C19H25N5OS/c1-23(15-7-3-2-4-8-15)17(25)13-26-19-22-21-18(24(19)16-9-10-16)14-6-5-11-20-12-14/h5-6,11-12,15-16H,2-4,7-10,13H2,1H3. The molecule has 138 valence electrons. The molecule has 0 saturated heterocycles. The zero-order valence-electron chi connectivity index (χ0n) is 15.2. The molecule has 0 N–H and O–H groups in total. The van der Waals surface area contributed by atoms with E-state index in [4.69, 9.17) is 0 Å². The van der Waals surface area contributed by atoms with Crippen LogP contribution in [0.4, 0.5) is 0 Å². The van der Waals surface area contributed by atoms with Gasteiger partial charge in [-0.25, -0.2) is 0 Å². The first-order valence-electron chi connectivity index (χ1n) is 9.48. The predicted molar refractivity (Wildman–Crippen MR) is 102 cm³/mol. The number of carbonyl (C=O) groups is 1. The molecule has 7 heteroatoms. The molecule has 2 fully saturated rings. The van der Waals surface area contributed by atoms with E-state index in [2.05, 4.69) is 19.7 Å². The van der Waals surface area contributed by atoms with Crippen molar-refractivity contribution in [2.75, 3.05) is 12.8 Å². The Morgan fingerprint density at radius 3 is 2.73 bits per heavy atom. The number of rotatable bonds is 6. The van der Waals surface area contributed by atoms with Crippen LogP contribution >= 0.6 is 11.8 Å². The van der Waals surface area contributed by atoms with E-state index in [0.29, 0.717) is 17.8 Å². The minimum atomic E-state index is 0.190. The number of amides is 1. The fourth-order valence-corrected chi connectivity index (χ4v) is 4.56. The van der Waals surface area contributed by atoms with Gasteiger partial charge in [0.2, 0.25) is 5.91 Å². The summed E-state index contributed by atoms with van der Waals surface area (Å²) in [7, 11) is 1.95. The summed E-state index contributed by atoms with van der Waals surface area (Å²) in [6.45, 7) is 0. The number of pyridine rings is 1. The third-order valence-electron chi connectivity index (χ3n) is 5.34. The van der Waals surface area contributed by atoms with Crippen LogP contribution in [-0.4, -0.2) is 49.4 Å². The van der Waals surface area contributed by atoms with Gasteiger partial charge >= 0.3 is 0 Å². The molecule has 2 heterocycles. The third-order valence-corrected chi connectivity index (χ3v) is 6.26. The quantitative estimate of drug-likeness (QED) is 0.727. The van der Waals surface area contributed by atoms with Gasteiger partial charge in [-0.05, 0) is 37.8 Å². The second-order valence-corrected chi connectivity index (χ2v) is 8.18. The summed E-state index contributed by atoms with van der Waals surface area (Å²) in [5, 5.41) is 9.61. The van der Waals surface area contributed by atoms with Gasteiger partial charge < -0.3 is 4.90 Å². The molecular formula is C19H25N5OS. The van der Waals surface area contributed by atoms with Crippen LogP contribution in [0.1, 0.15) is 51.0 Å². The topological polar surface area (TPSA) is 63.9 Å². The van der Waals surface area contributed by atoms with Gasteiger partial charge in [-0.2, -0.15) is 0 Å². The molecule has 0 radical (unpaired) electrons. The molecule has 1 amide bonds. The maximum Gasteiger partial charge on any atom is 0.233 e. The number of carbonyl (C=O) groups excluding carboxylic acids is 1. The smallest absolute Gasteiger partial charge is 0.233 e. The van der Waals surface area contributed by atoms with E-state index in [1.807, 2.05) is 30.3 Å². The van der Waals surface area contributed by atoms with E-state index in [1.165, 1.54) is 31.0 Å².